The summed E-state index contributed by atoms with van der Waals surface area (Å²) in [5, 5.41) is 2.87. The number of benzene rings is 2. The molecule has 0 aromatic heterocycles. The maximum Gasteiger partial charge on any atom is 0.322 e. The number of nitrogens with zero attached hydrogens (tertiary/aromatic N) is 1. The van der Waals surface area contributed by atoms with Gasteiger partial charge in [0.15, 0.2) is 0 Å². The Morgan fingerprint density at radius 3 is 2.40 bits per heavy atom. The lowest BCUT2D eigenvalue weighted by Gasteiger charge is -2.25. The summed E-state index contributed by atoms with van der Waals surface area (Å²) < 4.78 is 38.2. The molecule has 9 heteroatoms. The number of nitrogens with one attached hydrogen (secondary N) is 1. The Balaban J connectivity index is 2.21. The number of hydrogen-bond donors (Lipinski definition) is 1. The van der Waals surface area contributed by atoms with Gasteiger partial charge in [0.25, 0.3) is 0 Å². The molecule has 164 valence electrons. The Hall–Kier alpha value is -2.94. The van der Waals surface area contributed by atoms with Gasteiger partial charge >= 0.3 is 16.1 Å². The second-order valence-corrected chi connectivity index (χ2v) is 8.78. The predicted molar refractivity (Wildman–Crippen MR) is 116 cm³/mol. The third-order valence-electron chi connectivity index (χ3n) is 4.04. The molecule has 0 atom stereocenters. The lowest BCUT2D eigenvalue weighted by molar-refractivity contribution is 0.201. The summed E-state index contributed by atoms with van der Waals surface area (Å²) in [5.41, 5.74) is 1.26. The Labute approximate surface area is 177 Å². The van der Waals surface area contributed by atoms with Crippen LogP contribution in [0.3, 0.4) is 0 Å². The van der Waals surface area contributed by atoms with Gasteiger partial charge in [0.1, 0.15) is 17.2 Å². The van der Waals surface area contributed by atoms with E-state index in [2.05, 4.69) is 5.32 Å². The molecule has 2 aromatic rings. The van der Waals surface area contributed by atoms with Crippen molar-refractivity contribution in [3.8, 4) is 17.2 Å². The molecule has 8 nitrogen and oxygen atoms in total. The quantitative estimate of drug-likeness (QED) is 0.602. The molecular weight excluding hydrogens is 408 g/mol. The van der Waals surface area contributed by atoms with Crippen LogP contribution in [-0.2, 0) is 16.7 Å². The number of anilines is 1. The van der Waals surface area contributed by atoms with Gasteiger partial charge in [-0.3, -0.25) is 0 Å². The van der Waals surface area contributed by atoms with Crippen LogP contribution in [0.4, 0.5) is 10.5 Å². The molecular formula is C21H28N2O6S. The Kier molecular flexibility index (Phi) is 7.93. The van der Waals surface area contributed by atoms with Crippen molar-refractivity contribution in [2.75, 3.05) is 32.3 Å². The highest BCUT2D eigenvalue weighted by Crippen LogP contribution is 2.29. The lowest BCUT2D eigenvalue weighted by Crippen LogP contribution is -2.37. The summed E-state index contributed by atoms with van der Waals surface area (Å²) >= 11 is 0. The Bertz CT molecular complexity index is 975. The minimum atomic E-state index is -3.63. The molecule has 0 heterocycles. The smallest absolute Gasteiger partial charge is 0.322 e. The molecule has 0 bridgehead atoms. The maximum absolute atomic E-state index is 13.0. The lowest BCUT2D eigenvalue weighted by atomic mass is 10.1. The van der Waals surface area contributed by atoms with E-state index in [4.69, 9.17) is 13.7 Å². The van der Waals surface area contributed by atoms with Crippen LogP contribution in [0.5, 0.6) is 17.2 Å². The van der Waals surface area contributed by atoms with Crippen LogP contribution in [0.2, 0.25) is 0 Å². The van der Waals surface area contributed by atoms with Crippen molar-refractivity contribution in [1.29, 1.82) is 0 Å². The molecule has 0 aliphatic rings. The average molecular weight is 437 g/mol. The Morgan fingerprint density at radius 2 is 1.80 bits per heavy atom. The van der Waals surface area contributed by atoms with Crippen LogP contribution >= 0.6 is 0 Å². The first kappa shape index (κ1) is 23.3. The minimum absolute atomic E-state index is 0.205. The van der Waals surface area contributed by atoms with Gasteiger partial charge in [0, 0.05) is 19.2 Å². The fraction of sp³-hybridized carbons (Fsp3) is 0.381. The standard InChI is InChI=1S/C21H28N2O6S/c1-15(2)13-23(14-16-7-6-8-18(11-16)29-30(5,25)26)21(24)22-19-10-9-17(27-3)12-20(19)28-4/h6-12,15H,13-14H2,1-5H3,(H,22,24). The molecule has 0 saturated carbocycles. The van der Waals surface area contributed by atoms with Crippen LogP contribution < -0.4 is 19.0 Å². The van der Waals surface area contributed by atoms with Crippen LogP contribution in [-0.4, -0.2) is 46.4 Å². The highest BCUT2D eigenvalue weighted by Gasteiger charge is 2.18. The fourth-order valence-electron chi connectivity index (χ4n) is 2.85. The van der Waals surface area contributed by atoms with Crippen molar-refractivity contribution in [2.24, 2.45) is 5.92 Å². The molecule has 1 N–H and O–H groups in total. The highest BCUT2D eigenvalue weighted by atomic mass is 32.2. The summed E-state index contributed by atoms with van der Waals surface area (Å²) in [6, 6.07) is 11.5. The molecule has 0 saturated heterocycles. The number of ether oxygens (including phenoxy) is 2. The van der Waals surface area contributed by atoms with E-state index in [0.717, 1.165) is 11.8 Å². The van der Waals surface area contributed by atoms with Gasteiger partial charge in [0.05, 0.1) is 26.2 Å². The molecule has 0 radical (unpaired) electrons. The second-order valence-electron chi connectivity index (χ2n) is 7.21. The summed E-state index contributed by atoms with van der Waals surface area (Å²) in [7, 11) is -0.557. The zero-order valence-electron chi connectivity index (χ0n) is 17.8. The van der Waals surface area contributed by atoms with E-state index in [0.29, 0.717) is 23.7 Å². The van der Waals surface area contributed by atoms with Gasteiger partial charge in [-0.1, -0.05) is 26.0 Å². The Morgan fingerprint density at radius 1 is 1.07 bits per heavy atom. The van der Waals surface area contributed by atoms with Crippen LogP contribution in [0, 0.1) is 5.92 Å². The highest BCUT2D eigenvalue weighted by molar-refractivity contribution is 7.86. The van der Waals surface area contributed by atoms with E-state index >= 15 is 0 Å². The van der Waals surface area contributed by atoms with Crippen LogP contribution in [0.1, 0.15) is 19.4 Å². The molecule has 30 heavy (non-hydrogen) atoms. The summed E-state index contributed by atoms with van der Waals surface area (Å²) in [5.74, 6) is 1.53. The van der Waals surface area contributed by atoms with E-state index < -0.39 is 10.1 Å². The molecule has 0 aliphatic carbocycles. The maximum atomic E-state index is 13.0. The van der Waals surface area contributed by atoms with Gasteiger partial charge in [-0.15, -0.1) is 0 Å². The minimum Gasteiger partial charge on any atom is -0.497 e. The summed E-state index contributed by atoms with van der Waals surface area (Å²) in [6.45, 7) is 4.81. The van der Waals surface area contributed by atoms with Gasteiger partial charge in [0.2, 0.25) is 0 Å². The summed E-state index contributed by atoms with van der Waals surface area (Å²) in [4.78, 5) is 14.6. The number of hydrogen-bond acceptors (Lipinski definition) is 6. The SMILES string of the molecule is COc1ccc(NC(=O)N(Cc2cccc(OS(C)(=O)=O)c2)CC(C)C)c(OC)c1. The van der Waals surface area contributed by atoms with Crippen molar-refractivity contribution in [3.63, 3.8) is 0 Å². The van der Waals surface area contributed by atoms with E-state index in [1.54, 1.807) is 48.4 Å². The second kappa shape index (κ2) is 10.2. The van der Waals surface area contributed by atoms with Crippen molar-refractivity contribution < 1.29 is 26.9 Å². The molecule has 2 rings (SSSR count). The topological polar surface area (TPSA) is 94.2 Å². The van der Waals surface area contributed by atoms with E-state index in [-0.39, 0.29) is 24.2 Å². The van der Waals surface area contributed by atoms with E-state index in [1.807, 2.05) is 19.9 Å². The first-order chi connectivity index (χ1) is 14.1. The third-order valence-corrected chi connectivity index (χ3v) is 4.54. The predicted octanol–water partition coefficient (Wildman–Crippen LogP) is 3.73. The van der Waals surface area contributed by atoms with Gasteiger partial charge in [-0.05, 0) is 35.7 Å². The van der Waals surface area contributed by atoms with Gasteiger partial charge in [-0.2, -0.15) is 8.42 Å². The largest absolute Gasteiger partial charge is 0.497 e. The first-order valence-corrected chi connectivity index (χ1v) is 11.2. The molecule has 2 amide bonds. The number of carbonyl (C=O) groups excluding carboxylic acids is 1. The van der Waals surface area contributed by atoms with E-state index in [9.17, 15) is 13.2 Å². The van der Waals surface area contributed by atoms with Gasteiger partial charge < -0.3 is 23.9 Å². The molecule has 0 spiro atoms. The van der Waals surface area contributed by atoms with Crippen molar-refractivity contribution >= 4 is 21.8 Å². The normalized spacial score (nSPS) is 11.1. The summed E-state index contributed by atoms with van der Waals surface area (Å²) in [6.07, 6.45) is 0.987. The monoisotopic (exact) mass is 436 g/mol. The number of amides is 2. The van der Waals surface area contributed by atoms with Crippen LogP contribution in [0.15, 0.2) is 42.5 Å². The fourth-order valence-corrected chi connectivity index (χ4v) is 3.30. The van der Waals surface area contributed by atoms with Crippen molar-refractivity contribution in [1.82, 2.24) is 4.90 Å². The zero-order valence-corrected chi connectivity index (χ0v) is 18.7. The molecule has 0 aliphatic heterocycles. The molecule has 2 aromatic carbocycles. The number of carbonyl (C=O) groups is 1. The average Bonchev–Trinajstić information content (AvgIpc) is 2.66. The molecule has 0 fully saturated rings. The zero-order chi connectivity index (χ0) is 22.3. The first-order valence-electron chi connectivity index (χ1n) is 9.37. The number of methoxy groups -OCH3 is 2. The number of urea groups is 1. The molecule has 0 unspecified atom stereocenters. The van der Waals surface area contributed by atoms with Crippen molar-refractivity contribution in [3.05, 3.63) is 48.0 Å². The van der Waals surface area contributed by atoms with E-state index in [1.165, 1.54) is 7.11 Å². The van der Waals surface area contributed by atoms with Crippen molar-refractivity contribution in [2.45, 2.75) is 20.4 Å². The van der Waals surface area contributed by atoms with Gasteiger partial charge in [-0.25, -0.2) is 4.79 Å². The van der Waals surface area contributed by atoms with Crippen LogP contribution in [0.25, 0.3) is 0 Å². The third kappa shape index (κ3) is 7.14. The number of rotatable bonds is 9.